The topological polar surface area (TPSA) is 29.5 Å². The normalized spacial score (nSPS) is 28.4. The van der Waals surface area contributed by atoms with Crippen molar-refractivity contribution in [2.24, 2.45) is 5.92 Å². The van der Waals surface area contributed by atoms with Crippen LogP contribution < -0.4 is 0 Å². The van der Waals surface area contributed by atoms with Gasteiger partial charge in [-0.1, -0.05) is 33.6 Å². The van der Waals surface area contributed by atoms with Crippen LogP contribution in [0.15, 0.2) is 22.7 Å². The summed E-state index contributed by atoms with van der Waals surface area (Å²) in [4.78, 5) is 14.9. The number of likely N-dealkylation sites (tertiary alicyclic amines) is 1. The number of amides is 1. The maximum absolute atomic E-state index is 12.8. The number of nitrogens with zero attached hydrogens (tertiary/aromatic N) is 1. The summed E-state index contributed by atoms with van der Waals surface area (Å²) in [5, 5.41) is 0.742. The first-order valence-electron chi connectivity index (χ1n) is 8.35. The number of carbonyl (C=O) groups is 1. The zero-order valence-corrected chi connectivity index (χ0v) is 15.8. The highest BCUT2D eigenvalue weighted by Gasteiger charge is 2.37. The summed E-state index contributed by atoms with van der Waals surface area (Å²) in [6.07, 6.45) is 6.32. The summed E-state index contributed by atoms with van der Waals surface area (Å²) in [7, 11) is 1.78. The number of rotatable bonds is 4. The Bertz CT molecular complexity index is 572. The van der Waals surface area contributed by atoms with E-state index >= 15 is 0 Å². The molecule has 3 rings (SSSR count). The minimum Gasteiger partial charge on any atom is -0.381 e. The monoisotopic (exact) mass is 399 g/mol. The zero-order valence-electron chi connectivity index (χ0n) is 13.4. The van der Waals surface area contributed by atoms with Crippen molar-refractivity contribution in [1.29, 1.82) is 0 Å². The third-order valence-corrected chi connectivity index (χ3v) is 6.10. The number of carbonyl (C=O) groups excluding carboxylic acids is 1. The van der Waals surface area contributed by atoms with Crippen molar-refractivity contribution >= 4 is 33.4 Å². The first kappa shape index (κ1) is 17.2. The third-order valence-electron chi connectivity index (χ3n) is 5.25. The highest BCUT2D eigenvalue weighted by atomic mass is 79.9. The van der Waals surface area contributed by atoms with Gasteiger partial charge in [0, 0.05) is 35.1 Å². The van der Waals surface area contributed by atoms with E-state index in [0.717, 1.165) is 60.1 Å². The van der Waals surface area contributed by atoms with E-state index in [1.165, 1.54) is 0 Å². The predicted molar refractivity (Wildman–Crippen MR) is 95.7 cm³/mol. The molecular weight excluding hydrogens is 378 g/mol. The van der Waals surface area contributed by atoms with Crippen molar-refractivity contribution in [3.05, 3.63) is 33.3 Å². The van der Waals surface area contributed by atoms with Crippen molar-refractivity contribution in [1.82, 2.24) is 4.90 Å². The van der Waals surface area contributed by atoms with Gasteiger partial charge in [-0.25, -0.2) is 0 Å². The van der Waals surface area contributed by atoms with Crippen molar-refractivity contribution in [3.63, 3.8) is 0 Å². The summed E-state index contributed by atoms with van der Waals surface area (Å²) in [6.45, 7) is 0.889. The molecule has 23 heavy (non-hydrogen) atoms. The number of halogens is 2. The fourth-order valence-corrected chi connectivity index (χ4v) is 4.61. The van der Waals surface area contributed by atoms with Crippen LogP contribution in [0.5, 0.6) is 0 Å². The molecule has 0 bridgehead atoms. The van der Waals surface area contributed by atoms with Crippen molar-refractivity contribution < 1.29 is 9.53 Å². The maximum Gasteiger partial charge on any atom is 0.226 e. The third kappa shape index (κ3) is 3.92. The van der Waals surface area contributed by atoms with E-state index in [1.54, 1.807) is 7.11 Å². The summed E-state index contributed by atoms with van der Waals surface area (Å²) in [5.41, 5.74) is 1.07. The van der Waals surface area contributed by atoms with Gasteiger partial charge in [-0.3, -0.25) is 4.79 Å². The molecule has 3 nitrogen and oxygen atoms in total. The molecule has 0 N–H and O–H groups in total. The van der Waals surface area contributed by atoms with Crippen LogP contribution in [0.2, 0.25) is 5.02 Å². The van der Waals surface area contributed by atoms with Gasteiger partial charge in [0.05, 0.1) is 6.10 Å². The number of ether oxygens (including phenoxy) is 1. The Kier molecular flexibility index (Phi) is 5.65. The minimum absolute atomic E-state index is 0.0776. The number of hydrogen-bond acceptors (Lipinski definition) is 2. The Balaban J connectivity index is 1.60. The molecule has 1 amide bonds. The van der Waals surface area contributed by atoms with Gasteiger partial charge >= 0.3 is 0 Å². The van der Waals surface area contributed by atoms with Crippen LogP contribution in [0.4, 0.5) is 0 Å². The fraction of sp³-hybridized carbons (Fsp3) is 0.611. The second-order valence-corrected chi connectivity index (χ2v) is 7.95. The van der Waals surface area contributed by atoms with Gasteiger partial charge in [0.2, 0.25) is 5.91 Å². The number of benzene rings is 1. The molecule has 2 aliphatic rings. The van der Waals surface area contributed by atoms with Crippen LogP contribution in [0, 0.1) is 5.92 Å². The molecule has 1 aliphatic heterocycles. The lowest BCUT2D eigenvalue weighted by molar-refractivity contribution is -0.134. The van der Waals surface area contributed by atoms with Crippen molar-refractivity contribution in [2.45, 2.75) is 50.7 Å². The molecule has 1 aromatic carbocycles. The van der Waals surface area contributed by atoms with Gasteiger partial charge in [0.1, 0.15) is 0 Å². The highest BCUT2D eigenvalue weighted by Crippen LogP contribution is 2.32. The van der Waals surface area contributed by atoms with Gasteiger partial charge in [-0.05, 0) is 56.2 Å². The quantitative estimate of drug-likeness (QED) is 0.747. The molecule has 1 heterocycles. The Morgan fingerprint density at radius 2 is 2.00 bits per heavy atom. The molecule has 1 saturated heterocycles. The summed E-state index contributed by atoms with van der Waals surface area (Å²) < 4.78 is 6.40. The molecule has 0 radical (unpaired) electrons. The van der Waals surface area contributed by atoms with Gasteiger partial charge in [-0.15, -0.1) is 0 Å². The van der Waals surface area contributed by atoms with Gasteiger partial charge in [0.25, 0.3) is 0 Å². The first-order valence-corrected chi connectivity index (χ1v) is 9.52. The second-order valence-electron chi connectivity index (χ2n) is 6.62. The molecule has 1 unspecified atom stereocenters. The molecule has 1 saturated carbocycles. The van der Waals surface area contributed by atoms with Gasteiger partial charge < -0.3 is 9.64 Å². The van der Waals surface area contributed by atoms with E-state index < -0.39 is 0 Å². The van der Waals surface area contributed by atoms with Crippen molar-refractivity contribution in [3.8, 4) is 0 Å². The van der Waals surface area contributed by atoms with Crippen molar-refractivity contribution in [2.75, 3.05) is 13.7 Å². The van der Waals surface area contributed by atoms with Crippen LogP contribution >= 0.6 is 27.5 Å². The van der Waals surface area contributed by atoms with E-state index in [9.17, 15) is 4.79 Å². The van der Waals surface area contributed by atoms with Gasteiger partial charge in [0.15, 0.2) is 0 Å². The number of hydrogen-bond donors (Lipinski definition) is 0. The molecule has 0 aromatic heterocycles. The van der Waals surface area contributed by atoms with Crippen LogP contribution in [0.1, 0.15) is 37.7 Å². The number of methoxy groups -OCH3 is 1. The summed E-state index contributed by atoms with van der Waals surface area (Å²) >= 11 is 9.73. The zero-order chi connectivity index (χ0) is 16.4. The standard InChI is InChI=1S/C18H23BrClNO2/c1-23-16-6-4-15(5-7-16)21-9-8-13(18(21)22)10-12-2-3-14(19)11-17(12)20/h2-3,11,13,15-16H,4-10H2,1H3. The largest absolute Gasteiger partial charge is 0.381 e. The van der Waals surface area contributed by atoms with E-state index in [0.29, 0.717) is 18.1 Å². The Morgan fingerprint density at radius 1 is 1.26 bits per heavy atom. The smallest absolute Gasteiger partial charge is 0.226 e. The van der Waals surface area contributed by atoms with E-state index in [2.05, 4.69) is 20.8 Å². The predicted octanol–water partition coefficient (Wildman–Crippen LogP) is 4.45. The fourth-order valence-electron chi connectivity index (χ4n) is 3.86. The molecule has 1 aliphatic carbocycles. The van der Waals surface area contributed by atoms with Crippen LogP contribution in [0.25, 0.3) is 0 Å². The lowest BCUT2D eigenvalue weighted by atomic mass is 9.91. The molecule has 126 valence electrons. The molecule has 5 heteroatoms. The van der Waals surface area contributed by atoms with Gasteiger partial charge in [-0.2, -0.15) is 0 Å². The molecule has 0 spiro atoms. The average Bonchev–Trinajstić information content (AvgIpc) is 2.91. The molecule has 1 aromatic rings. The maximum atomic E-state index is 12.8. The molecule has 2 fully saturated rings. The SMILES string of the molecule is COC1CCC(N2CCC(Cc3ccc(Br)cc3Cl)C2=O)CC1. The van der Waals surface area contributed by atoms with Crippen LogP contribution in [-0.4, -0.2) is 36.6 Å². The Hall–Kier alpha value is -0.580. The lowest BCUT2D eigenvalue weighted by Crippen LogP contribution is -2.41. The first-order chi connectivity index (χ1) is 11.1. The molecular formula is C18H23BrClNO2. The lowest BCUT2D eigenvalue weighted by Gasteiger charge is -2.34. The molecule has 1 atom stereocenters. The highest BCUT2D eigenvalue weighted by molar-refractivity contribution is 9.10. The van der Waals surface area contributed by atoms with E-state index in [4.69, 9.17) is 16.3 Å². The van der Waals surface area contributed by atoms with Crippen LogP contribution in [0.3, 0.4) is 0 Å². The van der Waals surface area contributed by atoms with E-state index in [-0.39, 0.29) is 5.92 Å². The Morgan fingerprint density at radius 3 is 2.65 bits per heavy atom. The summed E-state index contributed by atoms with van der Waals surface area (Å²) in [5.74, 6) is 0.388. The average molecular weight is 401 g/mol. The Labute approximate surface area is 151 Å². The van der Waals surface area contributed by atoms with Crippen LogP contribution in [-0.2, 0) is 16.0 Å². The summed E-state index contributed by atoms with van der Waals surface area (Å²) in [6, 6.07) is 6.32. The second kappa shape index (κ2) is 7.54. The minimum atomic E-state index is 0.0776. The van der Waals surface area contributed by atoms with E-state index in [1.807, 2.05) is 18.2 Å².